The first kappa shape index (κ1) is 11.0. The largest absolute Gasteiger partial charge is 0.368 e. The molecule has 1 amide bonds. The van der Waals surface area contributed by atoms with Crippen LogP contribution < -0.4 is 11.1 Å². The van der Waals surface area contributed by atoms with E-state index in [0.29, 0.717) is 6.42 Å². The molecular weight excluding hydrogens is 152 g/mol. The molecule has 3 heteroatoms. The maximum atomic E-state index is 10.8. The average molecular weight is 168 g/mol. The molecule has 0 spiro atoms. The van der Waals surface area contributed by atoms with Crippen LogP contribution in [-0.2, 0) is 4.79 Å². The normalized spacial score (nSPS) is 13.5. The summed E-state index contributed by atoms with van der Waals surface area (Å²) in [5.41, 5.74) is 4.66. The lowest BCUT2D eigenvalue weighted by Gasteiger charge is -2.24. The fraction of sp³-hybridized carbons (Fsp3) is 0.667. The molecule has 0 rings (SSSR count). The molecule has 0 aliphatic rings. The third kappa shape index (κ3) is 3.40. The zero-order valence-electron chi connectivity index (χ0n) is 7.85. The summed E-state index contributed by atoms with van der Waals surface area (Å²) < 4.78 is 0. The number of hydrogen-bond donors (Lipinski definition) is 2. The minimum Gasteiger partial charge on any atom is -0.368 e. The third-order valence-electron chi connectivity index (χ3n) is 1.65. The summed E-state index contributed by atoms with van der Waals surface area (Å²) in [6, 6.07) is -0.337. The van der Waals surface area contributed by atoms with Crippen molar-refractivity contribution >= 4 is 5.91 Å². The SMILES string of the molecule is C#CC(C)(C)NC(CC)C(N)=O. The molecule has 0 saturated carbocycles. The van der Waals surface area contributed by atoms with E-state index >= 15 is 0 Å². The van der Waals surface area contributed by atoms with E-state index in [2.05, 4.69) is 11.2 Å². The first-order chi connectivity index (χ1) is 5.43. The standard InChI is InChI=1S/C9H16N2O/c1-5-7(8(10)12)11-9(3,4)6-2/h2,7,11H,5H2,1,3-4H3,(H2,10,12). The lowest BCUT2D eigenvalue weighted by molar-refractivity contribution is -0.120. The monoisotopic (exact) mass is 168 g/mol. The lowest BCUT2D eigenvalue weighted by atomic mass is 10.0. The highest BCUT2D eigenvalue weighted by atomic mass is 16.1. The molecule has 1 atom stereocenters. The topological polar surface area (TPSA) is 55.1 Å². The van der Waals surface area contributed by atoms with Crippen molar-refractivity contribution in [2.45, 2.75) is 38.8 Å². The van der Waals surface area contributed by atoms with Gasteiger partial charge in [0, 0.05) is 0 Å². The van der Waals surface area contributed by atoms with Crippen LogP contribution in [0, 0.1) is 12.3 Å². The summed E-state index contributed by atoms with van der Waals surface area (Å²) in [5, 5.41) is 2.98. The summed E-state index contributed by atoms with van der Waals surface area (Å²) in [7, 11) is 0. The van der Waals surface area contributed by atoms with Crippen LogP contribution in [0.15, 0.2) is 0 Å². The number of hydrogen-bond acceptors (Lipinski definition) is 2. The van der Waals surface area contributed by atoms with Crippen LogP contribution >= 0.6 is 0 Å². The Morgan fingerprint density at radius 3 is 2.50 bits per heavy atom. The zero-order chi connectivity index (χ0) is 9.78. The molecule has 0 bridgehead atoms. The quantitative estimate of drug-likeness (QED) is 0.591. The highest BCUT2D eigenvalue weighted by Crippen LogP contribution is 2.02. The molecular formula is C9H16N2O. The van der Waals surface area contributed by atoms with E-state index in [1.807, 2.05) is 20.8 Å². The van der Waals surface area contributed by atoms with Crippen molar-refractivity contribution in [1.82, 2.24) is 5.32 Å². The number of terminal acetylenes is 1. The fourth-order valence-corrected chi connectivity index (χ4v) is 0.852. The number of carbonyl (C=O) groups is 1. The summed E-state index contributed by atoms with van der Waals surface area (Å²) >= 11 is 0. The van der Waals surface area contributed by atoms with Gasteiger partial charge in [0.15, 0.2) is 0 Å². The molecule has 0 fully saturated rings. The van der Waals surface area contributed by atoms with E-state index < -0.39 is 5.54 Å². The second kappa shape index (κ2) is 4.13. The number of rotatable bonds is 4. The fourth-order valence-electron chi connectivity index (χ4n) is 0.852. The minimum atomic E-state index is -0.476. The van der Waals surface area contributed by atoms with Gasteiger partial charge in [0.25, 0.3) is 0 Å². The number of nitrogens with two attached hydrogens (primary N) is 1. The van der Waals surface area contributed by atoms with Crippen LogP contribution in [0.5, 0.6) is 0 Å². The van der Waals surface area contributed by atoms with Gasteiger partial charge in [-0.25, -0.2) is 0 Å². The average Bonchev–Trinajstić information content (AvgIpc) is 2.00. The second-order valence-corrected chi connectivity index (χ2v) is 3.28. The Hall–Kier alpha value is -1.01. The van der Waals surface area contributed by atoms with Crippen molar-refractivity contribution in [1.29, 1.82) is 0 Å². The summed E-state index contributed by atoms with van der Waals surface area (Å²) in [6.07, 6.45) is 5.90. The van der Waals surface area contributed by atoms with Crippen LogP contribution in [0.25, 0.3) is 0 Å². The first-order valence-electron chi connectivity index (χ1n) is 3.97. The summed E-state index contributed by atoms with van der Waals surface area (Å²) in [5.74, 6) is 2.18. The Balaban J connectivity index is 4.23. The molecule has 3 N–H and O–H groups in total. The number of carbonyl (C=O) groups excluding carboxylic acids is 1. The zero-order valence-corrected chi connectivity index (χ0v) is 7.85. The van der Waals surface area contributed by atoms with Crippen molar-refractivity contribution in [3.63, 3.8) is 0 Å². The predicted molar refractivity (Wildman–Crippen MR) is 49.3 cm³/mol. The Bertz CT molecular complexity index is 203. The molecule has 3 nitrogen and oxygen atoms in total. The summed E-state index contributed by atoms with van der Waals surface area (Å²) in [6.45, 7) is 5.55. The highest BCUT2D eigenvalue weighted by Gasteiger charge is 2.21. The minimum absolute atomic E-state index is 0.337. The number of amides is 1. The molecule has 0 radical (unpaired) electrons. The van der Waals surface area contributed by atoms with Crippen molar-refractivity contribution in [3.8, 4) is 12.3 Å². The maximum absolute atomic E-state index is 10.8. The van der Waals surface area contributed by atoms with E-state index in [1.165, 1.54) is 0 Å². The van der Waals surface area contributed by atoms with Crippen molar-refractivity contribution in [2.24, 2.45) is 5.73 Å². The second-order valence-electron chi connectivity index (χ2n) is 3.28. The van der Waals surface area contributed by atoms with Crippen LogP contribution in [0.1, 0.15) is 27.2 Å². The van der Waals surface area contributed by atoms with Gasteiger partial charge in [-0.1, -0.05) is 12.8 Å². The Kier molecular flexibility index (Phi) is 3.78. The van der Waals surface area contributed by atoms with Gasteiger partial charge in [-0.3, -0.25) is 10.1 Å². The van der Waals surface area contributed by atoms with Gasteiger partial charge in [0.05, 0.1) is 11.6 Å². The molecule has 0 aromatic rings. The molecule has 0 saturated heterocycles. The van der Waals surface area contributed by atoms with Gasteiger partial charge < -0.3 is 5.73 Å². The summed E-state index contributed by atoms with van der Waals surface area (Å²) in [4.78, 5) is 10.8. The molecule has 0 heterocycles. The van der Waals surface area contributed by atoms with Gasteiger partial charge in [-0.2, -0.15) is 0 Å². The van der Waals surface area contributed by atoms with E-state index in [0.717, 1.165) is 0 Å². The maximum Gasteiger partial charge on any atom is 0.234 e. The highest BCUT2D eigenvalue weighted by molar-refractivity contribution is 5.79. The van der Waals surface area contributed by atoms with Gasteiger partial charge >= 0.3 is 0 Å². The molecule has 0 aromatic heterocycles. The molecule has 12 heavy (non-hydrogen) atoms. The molecule has 0 aliphatic heterocycles. The van der Waals surface area contributed by atoms with Gasteiger partial charge in [-0.05, 0) is 20.3 Å². The predicted octanol–water partition coefficient (Wildman–Crippen LogP) is 0.252. The molecule has 0 aliphatic carbocycles. The van der Waals surface area contributed by atoms with Crippen LogP contribution in [0.4, 0.5) is 0 Å². The smallest absolute Gasteiger partial charge is 0.234 e. The van der Waals surface area contributed by atoms with E-state index in [-0.39, 0.29) is 11.9 Å². The van der Waals surface area contributed by atoms with Crippen molar-refractivity contribution in [3.05, 3.63) is 0 Å². The van der Waals surface area contributed by atoms with Gasteiger partial charge in [0.1, 0.15) is 0 Å². The van der Waals surface area contributed by atoms with E-state index in [4.69, 9.17) is 12.2 Å². The number of nitrogens with one attached hydrogen (secondary N) is 1. The Morgan fingerprint density at radius 1 is 1.75 bits per heavy atom. The third-order valence-corrected chi connectivity index (χ3v) is 1.65. The van der Waals surface area contributed by atoms with Gasteiger partial charge in [0.2, 0.25) is 5.91 Å². The van der Waals surface area contributed by atoms with Crippen LogP contribution in [-0.4, -0.2) is 17.5 Å². The molecule has 0 aromatic carbocycles. The number of primary amides is 1. The molecule has 68 valence electrons. The van der Waals surface area contributed by atoms with E-state index in [9.17, 15) is 4.79 Å². The van der Waals surface area contributed by atoms with E-state index in [1.54, 1.807) is 0 Å². The van der Waals surface area contributed by atoms with Crippen LogP contribution in [0.2, 0.25) is 0 Å². The Labute approximate surface area is 73.7 Å². The lowest BCUT2D eigenvalue weighted by Crippen LogP contribution is -2.50. The molecule has 1 unspecified atom stereocenters. The van der Waals surface area contributed by atoms with Gasteiger partial charge in [-0.15, -0.1) is 6.42 Å². The van der Waals surface area contributed by atoms with Crippen LogP contribution in [0.3, 0.4) is 0 Å². The van der Waals surface area contributed by atoms with Crippen molar-refractivity contribution in [2.75, 3.05) is 0 Å². The Morgan fingerprint density at radius 2 is 2.25 bits per heavy atom. The van der Waals surface area contributed by atoms with Crippen molar-refractivity contribution < 1.29 is 4.79 Å². The first-order valence-corrected chi connectivity index (χ1v) is 3.97.